The predicted molar refractivity (Wildman–Crippen MR) is 125 cm³/mol. The third-order valence-electron chi connectivity index (χ3n) is 4.62. The van der Waals surface area contributed by atoms with Crippen LogP contribution < -0.4 is 5.32 Å². The first-order valence-corrected chi connectivity index (χ1v) is 11.9. The monoisotopic (exact) mass is 457 g/mol. The number of carbonyl (C=O) groups excluding carboxylic acids is 1. The number of hydrogen-bond acceptors (Lipinski definition) is 5. The number of sulfone groups is 1. The standard InChI is InChI=1S/C23H24ClN3O3S/c1-27(2)13-14-31(29,30)16-17-6-8-18(9-7-17)23(28)26-19-10-11-21(24)20(15-19)22-5-3-4-12-25-22/h3-12,15H,13-14,16H2,1-2H3,(H,26,28). The molecule has 0 aliphatic carbocycles. The number of amides is 1. The average Bonchev–Trinajstić information content (AvgIpc) is 2.74. The fraction of sp³-hybridized carbons (Fsp3) is 0.217. The van der Waals surface area contributed by atoms with Gasteiger partial charge in [-0.2, -0.15) is 0 Å². The zero-order valence-corrected chi connectivity index (χ0v) is 18.9. The third-order valence-corrected chi connectivity index (χ3v) is 6.52. The van der Waals surface area contributed by atoms with Crippen molar-refractivity contribution >= 4 is 33.0 Å². The molecule has 6 nitrogen and oxygen atoms in total. The van der Waals surface area contributed by atoms with Crippen LogP contribution in [0.4, 0.5) is 5.69 Å². The van der Waals surface area contributed by atoms with Crippen LogP contribution in [0.5, 0.6) is 0 Å². The fourth-order valence-electron chi connectivity index (χ4n) is 2.92. The fourth-order valence-corrected chi connectivity index (χ4v) is 4.63. The van der Waals surface area contributed by atoms with Gasteiger partial charge in [-0.25, -0.2) is 8.42 Å². The van der Waals surface area contributed by atoms with Crippen molar-refractivity contribution in [1.82, 2.24) is 9.88 Å². The summed E-state index contributed by atoms with van der Waals surface area (Å²) in [6, 6.07) is 17.3. The Kier molecular flexibility index (Phi) is 7.43. The van der Waals surface area contributed by atoms with Gasteiger partial charge in [0.05, 0.1) is 22.2 Å². The van der Waals surface area contributed by atoms with Gasteiger partial charge >= 0.3 is 0 Å². The van der Waals surface area contributed by atoms with E-state index in [0.717, 1.165) is 5.56 Å². The van der Waals surface area contributed by atoms with Gasteiger partial charge in [0.1, 0.15) is 0 Å². The van der Waals surface area contributed by atoms with E-state index in [1.807, 2.05) is 37.2 Å². The Bertz CT molecular complexity index is 1150. The zero-order chi connectivity index (χ0) is 22.4. The molecule has 162 valence electrons. The largest absolute Gasteiger partial charge is 0.322 e. The molecule has 0 saturated heterocycles. The lowest BCUT2D eigenvalue weighted by atomic mass is 10.1. The maximum atomic E-state index is 12.6. The van der Waals surface area contributed by atoms with E-state index in [1.165, 1.54) is 0 Å². The van der Waals surface area contributed by atoms with E-state index in [1.54, 1.807) is 48.7 Å². The van der Waals surface area contributed by atoms with Gasteiger partial charge in [0.15, 0.2) is 9.84 Å². The van der Waals surface area contributed by atoms with Crippen LogP contribution >= 0.6 is 11.6 Å². The molecule has 0 atom stereocenters. The van der Waals surface area contributed by atoms with Gasteiger partial charge in [-0.05, 0) is 62.1 Å². The van der Waals surface area contributed by atoms with Crippen molar-refractivity contribution in [1.29, 1.82) is 0 Å². The summed E-state index contributed by atoms with van der Waals surface area (Å²) >= 11 is 6.29. The van der Waals surface area contributed by atoms with Gasteiger partial charge in [-0.1, -0.05) is 29.8 Å². The molecular formula is C23H24ClN3O3S. The summed E-state index contributed by atoms with van der Waals surface area (Å²) in [6.07, 6.45) is 1.68. The third kappa shape index (κ3) is 6.62. The smallest absolute Gasteiger partial charge is 0.255 e. The molecule has 1 N–H and O–H groups in total. The van der Waals surface area contributed by atoms with Gasteiger partial charge < -0.3 is 10.2 Å². The molecule has 0 bridgehead atoms. The highest BCUT2D eigenvalue weighted by atomic mass is 35.5. The molecule has 31 heavy (non-hydrogen) atoms. The van der Waals surface area contributed by atoms with Crippen LogP contribution in [0.2, 0.25) is 5.02 Å². The minimum absolute atomic E-state index is 0.0483. The van der Waals surface area contributed by atoms with E-state index in [0.29, 0.717) is 34.1 Å². The number of anilines is 1. The van der Waals surface area contributed by atoms with Crippen LogP contribution in [-0.4, -0.2) is 50.6 Å². The Labute approximate surface area is 187 Å². The summed E-state index contributed by atoms with van der Waals surface area (Å²) in [6.45, 7) is 0.477. The molecule has 0 radical (unpaired) electrons. The van der Waals surface area contributed by atoms with Crippen LogP contribution in [0.3, 0.4) is 0 Å². The molecule has 0 saturated carbocycles. The van der Waals surface area contributed by atoms with Crippen LogP contribution in [0.25, 0.3) is 11.3 Å². The molecule has 0 spiro atoms. The Hall–Kier alpha value is -2.74. The van der Waals surface area contributed by atoms with Crippen molar-refractivity contribution in [2.75, 3.05) is 31.7 Å². The quantitative estimate of drug-likeness (QED) is 0.550. The summed E-state index contributed by atoms with van der Waals surface area (Å²) in [7, 11) is 0.465. The number of nitrogens with one attached hydrogen (secondary N) is 1. The number of aromatic nitrogens is 1. The number of halogens is 1. The molecule has 1 amide bonds. The topological polar surface area (TPSA) is 79.4 Å². The lowest BCUT2D eigenvalue weighted by molar-refractivity contribution is 0.102. The van der Waals surface area contributed by atoms with Crippen molar-refractivity contribution in [3.05, 3.63) is 83.0 Å². The predicted octanol–water partition coefficient (Wildman–Crippen LogP) is 4.13. The Morgan fingerprint density at radius 2 is 1.81 bits per heavy atom. The lowest BCUT2D eigenvalue weighted by Crippen LogP contribution is -2.22. The second-order valence-corrected chi connectivity index (χ2v) is 10.0. The molecule has 1 aromatic heterocycles. The van der Waals surface area contributed by atoms with Gasteiger partial charge in [0, 0.05) is 29.6 Å². The number of carbonyl (C=O) groups is 1. The van der Waals surface area contributed by atoms with E-state index in [9.17, 15) is 13.2 Å². The zero-order valence-electron chi connectivity index (χ0n) is 17.4. The lowest BCUT2D eigenvalue weighted by Gasteiger charge is -2.11. The van der Waals surface area contributed by atoms with E-state index in [-0.39, 0.29) is 17.4 Å². The number of hydrogen-bond donors (Lipinski definition) is 1. The maximum absolute atomic E-state index is 12.6. The first-order chi connectivity index (χ1) is 14.7. The summed E-state index contributed by atoms with van der Waals surface area (Å²) in [4.78, 5) is 18.8. The second-order valence-electron chi connectivity index (χ2n) is 7.46. The maximum Gasteiger partial charge on any atom is 0.255 e. The number of nitrogens with zero attached hydrogens (tertiary/aromatic N) is 2. The molecule has 0 unspecified atom stereocenters. The first-order valence-electron chi connectivity index (χ1n) is 9.70. The molecule has 1 heterocycles. The molecule has 3 aromatic rings. The van der Waals surface area contributed by atoms with Gasteiger partial charge in [0.2, 0.25) is 0 Å². The van der Waals surface area contributed by atoms with Gasteiger partial charge in [-0.15, -0.1) is 0 Å². The Morgan fingerprint density at radius 3 is 2.45 bits per heavy atom. The minimum atomic E-state index is -3.21. The molecule has 0 aliphatic heterocycles. The number of rotatable bonds is 8. The van der Waals surface area contributed by atoms with E-state index >= 15 is 0 Å². The second kappa shape index (κ2) is 10.0. The van der Waals surface area contributed by atoms with E-state index in [4.69, 9.17) is 11.6 Å². The first kappa shape index (κ1) is 22.9. The van der Waals surface area contributed by atoms with Crippen molar-refractivity contribution < 1.29 is 13.2 Å². The van der Waals surface area contributed by atoms with Gasteiger partial charge in [-0.3, -0.25) is 9.78 Å². The Morgan fingerprint density at radius 1 is 1.06 bits per heavy atom. The molecule has 2 aromatic carbocycles. The van der Waals surface area contributed by atoms with Crippen molar-refractivity contribution in [2.45, 2.75) is 5.75 Å². The highest BCUT2D eigenvalue weighted by Gasteiger charge is 2.14. The highest BCUT2D eigenvalue weighted by molar-refractivity contribution is 7.90. The molecular weight excluding hydrogens is 434 g/mol. The molecule has 8 heteroatoms. The summed E-state index contributed by atoms with van der Waals surface area (Å²) in [5.41, 5.74) is 3.11. The molecule has 3 rings (SSSR count). The normalized spacial score (nSPS) is 11.5. The molecule has 0 aliphatic rings. The van der Waals surface area contributed by atoms with Crippen molar-refractivity contribution in [3.8, 4) is 11.3 Å². The van der Waals surface area contributed by atoms with Crippen LogP contribution in [-0.2, 0) is 15.6 Å². The van der Waals surface area contributed by atoms with E-state index in [2.05, 4.69) is 10.3 Å². The van der Waals surface area contributed by atoms with Crippen LogP contribution in [0.1, 0.15) is 15.9 Å². The van der Waals surface area contributed by atoms with Crippen LogP contribution in [0, 0.1) is 0 Å². The molecule has 0 fully saturated rings. The SMILES string of the molecule is CN(C)CCS(=O)(=O)Cc1ccc(C(=O)Nc2ccc(Cl)c(-c3ccccn3)c2)cc1. The number of benzene rings is 2. The average molecular weight is 458 g/mol. The summed E-state index contributed by atoms with van der Waals surface area (Å²) < 4.78 is 24.4. The van der Waals surface area contributed by atoms with Gasteiger partial charge in [0.25, 0.3) is 5.91 Å². The van der Waals surface area contributed by atoms with E-state index < -0.39 is 9.84 Å². The summed E-state index contributed by atoms with van der Waals surface area (Å²) in [5, 5.41) is 3.39. The Balaban J connectivity index is 1.69. The van der Waals surface area contributed by atoms with Crippen molar-refractivity contribution in [3.63, 3.8) is 0 Å². The number of pyridine rings is 1. The summed E-state index contributed by atoms with van der Waals surface area (Å²) in [5.74, 6) is -0.249. The van der Waals surface area contributed by atoms with Crippen LogP contribution in [0.15, 0.2) is 66.9 Å². The highest BCUT2D eigenvalue weighted by Crippen LogP contribution is 2.29. The minimum Gasteiger partial charge on any atom is -0.322 e. The van der Waals surface area contributed by atoms with Crippen molar-refractivity contribution in [2.24, 2.45) is 0 Å².